The standard InChI is InChI=1S/C10H22INO/c1-2-10(9-11)5-3-6-12-7-4-8-13/h10,12-13H,2-9H2,1H3. The fraction of sp³-hybridized carbons (Fsp3) is 1.00. The lowest BCUT2D eigenvalue weighted by molar-refractivity contribution is 0.286. The highest BCUT2D eigenvalue weighted by molar-refractivity contribution is 14.1. The second kappa shape index (κ2) is 10.7. The molecule has 1 unspecified atom stereocenters. The van der Waals surface area contributed by atoms with E-state index in [4.69, 9.17) is 5.11 Å². The molecule has 0 saturated carbocycles. The van der Waals surface area contributed by atoms with Crippen molar-refractivity contribution in [3.05, 3.63) is 0 Å². The summed E-state index contributed by atoms with van der Waals surface area (Å²) < 4.78 is 1.28. The zero-order valence-corrected chi connectivity index (χ0v) is 10.7. The van der Waals surface area contributed by atoms with Crippen molar-refractivity contribution < 1.29 is 5.11 Å². The van der Waals surface area contributed by atoms with E-state index in [1.54, 1.807) is 0 Å². The first-order valence-electron chi connectivity index (χ1n) is 5.22. The Morgan fingerprint density at radius 3 is 2.54 bits per heavy atom. The fourth-order valence-electron chi connectivity index (χ4n) is 1.24. The molecule has 0 aromatic heterocycles. The minimum Gasteiger partial charge on any atom is -0.396 e. The van der Waals surface area contributed by atoms with E-state index in [-0.39, 0.29) is 0 Å². The monoisotopic (exact) mass is 299 g/mol. The molecule has 0 bridgehead atoms. The molecule has 1 atom stereocenters. The van der Waals surface area contributed by atoms with Crippen LogP contribution >= 0.6 is 22.6 Å². The van der Waals surface area contributed by atoms with E-state index in [2.05, 4.69) is 34.8 Å². The Labute approximate surface area is 95.6 Å². The summed E-state index contributed by atoms with van der Waals surface area (Å²) in [5.74, 6) is 0.903. The van der Waals surface area contributed by atoms with E-state index in [0.717, 1.165) is 25.4 Å². The molecule has 0 aliphatic heterocycles. The summed E-state index contributed by atoms with van der Waals surface area (Å²) in [6, 6.07) is 0. The van der Waals surface area contributed by atoms with Gasteiger partial charge in [0.05, 0.1) is 0 Å². The quantitative estimate of drug-likeness (QED) is 0.389. The van der Waals surface area contributed by atoms with Crippen LogP contribution in [0, 0.1) is 5.92 Å². The molecule has 0 aromatic carbocycles. The summed E-state index contributed by atoms with van der Waals surface area (Å²) in [6.45, 7) is 4.63. The van der Waals surface area contributed by atoms with Gasteiger partial charge in [0.1, 0.15) is 0 Å². The van der Waals surface area contributed by atoms with Crippen LogP contribution in [-0.4, -0.2) is 29.2 Å². The van der Waals surface area contributed by atoms with E-state index >= 15 is 0 Å². The second-order valence-corrected chi connectivity index (χ2v) is 4.28. The maximum Gasteiger partial charge on any atom is 0.0443 e. The molecule has 0 radical (unpaired) electrons. The van der Waals surface area contributed by atoms with Crippen LogP contribution in [0.3, 0.4) is 0 Å². The van der Waals surface area contributed by atoms with Crippen LogP contribution in [0.1, 0.15) is 32.6 Å². The van der Waals surface area contributed by atoms with Gasteiger partial charge in [-0.25, -0.2) is 0 Å². The van der Waals surface area contributed by atoms with E-state index in [1.807, 2.05) is 0 Å². The molecule has 80 valence electrons. The van der Waals surface area contributed by atoms with Crippen LogP contribution in [0.5, 0.6) is 0 Å². The molecule has 0 fully saturated rings. The van der Waals surface area contributed by atoms with Gasteiger partial charge < -0.3 is 10.4 Å². The van der Waals surface area contributed by atoms with Crippen molar-refractivity contribution in [3.63, 3.8) is 0 Å². The van der Waals surface area contributed by atoms with Crippen LogP contribution in [-0.2, 0) is 0 Å². The van der Waals surface area contributed by atoms with Crippen LogP contribution in [0.4, 0.5) is 0 Å². The lowest BCUT2D eigenvalue weighted by Gasteiger charge is -2.10. The van der Waals surface area contributed by atoms with Gasteiger partial charge in [0.25, 0.3) is 0 Å². The molecule has 0 spiro atoms. The van der Waals surface area contributed by atoms with Gasteiger partial charge >= 0.3 is 0 Å². The van der Waals surface area contributed by atoms with Crippen molar-refractivity contribution in [2.75, 3.05) is 24.1 Å². The number of aliphatic hydroxyl groups is 1. The molecule has 0 amide bonds. The van der Waals surface area contributed by atoms with Crippen LogP contribution in [0.25, 0.3) is 0 Å². The molecule has 0 aliphatic carbocycles. The van der Waals surface area contributed by atoms with Crippen LogP contribution in [0.15, 0.2) is 0 Å². The van der Waals surface area contributed by atoms with Gasteiger partial charge in [-0.3, -0.25) is 0 Å². The molecule has 0 heterocycles. The maximum atomic E-state index is 8.55. The molecule has 0 aromatic rings. The van der Waals surface area contributed by atoms with E-state index in [0.29, 0.717) is 6.61 Å². The van der Waals surface area contributed by atoms with Gasteiger partial charge in [-0.2, -0.15) is 0 Å². The number of aliphatic hydroxyl groups excluding tert-OH is 1. The first kappa shape index (κ1) is 13.7. The molecule has 3 heteroatoms. The van der Waals surface area contributed by atoms with Crippen molar-refractivity contribution in [1.82, 2.24) is 5.32 Å². The third-order valence-corrected chi connectivity index (χ3v) is 3.52. The van der Waals surface area contributed by atoms with Gasteiger partial charge in [-0.05, 0) is 38.3 Å². The zero-order valence-electron chi connectivity index (χ0n) is 8.56. The minimum atomic E-state index is 0.304. The van der Waals surface area contributed by atoms with Gasteiger partial charge in [-0.1, -0.05) is 35.9 Å². The summed E-state index contributed by atoms with van der Waals surface area (Å²) in [5.41, 5.74) is 0. The molecule has 2 nitrogen and oxygen atoms in total. The maximum absolute atomic E-state index is 8.55. The normalized spacial score (nSPS) is 13.2. The van der Waals surface area contributed by atoms with Crippen molar-refractivity contribution in [2.24, 2.45) is 5.92 Å². The lowest BCUT2D eigenvalue weighted by atomic mass is 10.0. The number of nitrogens with one attached hydrogen (secondary N) is 1. The van der Waals surface area contributed by atoms with Gasteiger partial charge in [0, 0.05) is 11.0 Å². The lowest BCUT2D eigenvalue weighted by Crippen LogP contribution is -2.18. The first-order chi connectivity index (χ1) is 6.35. The van der Waals surface area contributed by atoms with E-state index < -0.39 is 0 Å². The number of halogens is 1. The van der Waals surface area contributed by atoms with Gasteiger partial charge in [0.2, 0.25) is 0 Å². The van der Waals surface area contributed by atoms with Crippen molar-refractivity contribution in [2.45, 2.75) is 32.6 Å². The average molecular weight is 299 g/mol. The Hall–Kier alpha value is 0.650. The highest BCUT2D eigenvalue weighted by Gasteiger charge is 2.02. The van der Waals surface area contributed by atoms with Gasteiger partial charge in [-0.15, -0.1) is 0 Å². The molecule has 0 saturated heterocycles. The molecule has 0 aliphatic rings. The Balaban J connectivity index is 3.05. The topological polar surface area (TPSA) is 32.3 Å². The zero-order chi connectivity index (χ0) is 9.94. The Morgan fingerprint density at radius 1 is 1.31 bits per heavy atom. The fourth-order valence-corrected chi connectivity index (χ4v) is 2.30. The van der Waals surface area contributed by atoms with Crippen molar-refractivity contribution in [1.29, 1.82) is 0 Å². The predicted octanol–water partition coefficient (Wildman–Crippen LogP) is 2.20. The Kier molecular flexibility index (Phi) is 11.3. The van der Waals surface area contributed by atoms with E-state index in [1.165, 1.54) is 23.7 Å². The highest BCUT2D eigenvalue weighted by atomic mass is 127. The smallest absolute Gasteiger partial charge is 0.0443 e. The largest absolute Gasteiger partial charge is 0.396 e. The summed E-state index contributed by atoms with van der Waals surface area (Å²) in [7, 11) is 0. The summed E-state index contributed by atoms with van der Waals surface area (Å²) in [6.07, 6.45) is 4.79. The predicted molar refractivity (Wildman–Crippen MR) is 66.5 cm³/mol. The number of rotatable bonds is 9. The summed E-state index contributed by atoms with van der Waals surface area (Å²) in [4.78, 5) is 0. The van der Waals surface area contributed by atoms with Crippen molar-refractivity contribution >= 4 is 22.6 Å². The first-order valence-corrected chi connectivity index (χ1v) is 6.75. The third kappa shape index (κ3) is 8.97. The van der Waals surface area contributed by atoms with Crippen molar-refractivity contribution in [3.8, 4) is 0 Å². The second-order valence-electron chi connectivity index (χ2n) is 3.40. The summed E-state index contributed by atoms with van der Waals surface area (Å²) in [5, 5.41) is 11.9. The molecule has 13 heavy (non-hydrogen) atoms. The molecular formula is C10H22INO. The Bertz CT molecular complexity index is 96.9. The number of hydrogen-bond donors (Lipinski definition) is 2. The minimum absolute atomic E-state index is 0.304. The summed E-state index contributed by atoms with van der Waals surface area (Å²) >= 11 is 2.47. The number of alkyl halides is 1. The SMILES string of the molecule is CCC(CI)CCCNCCCO. The average Bonchev–Trinajstić information content (AvgIpc) is 2.17. The molecule has 0 rings (SSSR count). The molecular weight excluding hydrogens is 277 g/mol. The molecule has 2 N–H and O–H groups in total. The number of hydrogen-bond acceptors (Lipinski definition) is 2. The third-order valence-electron chi connectivity index (χ3n) is 2.27. The van der Waals surface area contributed by atoms with Crippen LogP contribution < -0.4 is 5.32 Å². The Morgan fingerprint density at radius 2 is 2.00 bits per heavy atom. The van der Waals surface area contributed by atoms with Gasteiger partial charge in [0.15, 0.2) is 0 Å². The highest BCUT2D eigenvalue weighted by Crippen LogP contribution is 2.13. The van der Waals surface area contributed by atoms with Crippen LogP contribution in [0.2, 0.25) is 0 Å². The van der Waals surface area contributed by atoms with E-state index in [9.17, 15) is 0 Å².